The molecule has 0 amide bonds. The third-order valence-electron chi connectivity index (χ3n) is 4.11. The summed E-state index contributed by atoms with van der Waals surface area (Å²) in [6, 6.07) is 6.05. The van der Waals surface area contributed by atoms with E-state index in [2.05, 4.69) is 13.2 Å². The summed E-state index contributed by atoms with van der Waals surface area (Å²) in [5.74, 6) is -0.999. The van der Waals surface area contributed by atoms with E-state index in [0.29, 0.717) is 16.5 Å². The molecule has 0 saturated carbocycles. The molecule has 0 aliphatic rings. The minimum absolute atomic E-state index is 0.0383. The lowest BCUT2D eigenvalue weighted by Crippen LogP contribution is -2.19. The minimum Gasteiger partial charge on any atom is -0.497 e. The smallest absolute Gasteiger partial charge is 0.364 e. The first-order valence-electron chi connectivity index (χ1n) is 8.70. The van der Waals surface area contributed by atoms with Gasteiger partial charge in [0.1, 0.15) is 16.8 Å². The van der Waals surface area contributed by atoms with Crippen molar-refractivity contribution in [1.82, 2.24) is 0 Å². The highest BCUT2D eigenvalue weighted by atomic mass is 31.2. The third kappa shape index (κ3) is 4.62. The van der Waals surface area contributed by atoms with Crippen molar-refractivity contribution in [2.75, 3.05) is 21.3 Å². The van der Waals surface area contributed by atoms with E-state index >= 15 is 0 Å². The van der Waals surface area contributed by atoms with Crippen LogP contribution in [-0.4, -0.2) is 33.3 Å². The second-order valence-electron chi connectivity index (χ2n) is 6.34. The Kier molecular flexibility index (Phi) is 7.21. The van der Waals surface area contributed by atoms with E-state index in [-0.39, 0.29) is 27.9 Å². The molecule has 2 aromatic rings. The van der Waals surface area contributed by atoms with E-state index in [1.54, 1.807) is 18.2 Å². The third-order valence-corrected chi connectivity index (χ3v) is 5.99. The molecule has 0 N–H and O–H groups in total. The van der Waals surface area contributed by atoms with Gasteiger partial charge in [-0.3, -0.25) is 4.57 Å². The van der Waals surface area contributed by atoms with E-state index in [4.69, 9.17) is 23.3 Å². The maximum atomic E-state index is 13.2. The zero-order valence-corrected chi connectivity index (χ0v) is 18.3. The second kappa shape index (κ2) is 9.26. The van der Waals surface area contributed by atoms with Crippen LogP contribution in [0.2, 0.25) is 0 Å². The maximum Gasteiger partial charge on any atom is 0.364 e. The predicted octanol–water partition coefficient (Wildman–Crippen LogP) is 3.92. The van der Waals surface area contributed by atoms with Crippen molar-refractivity contribution in [2.24, 2.45) is 0 Å². The summed E-state index contributed by atoms with van der Waals surface area (Å²) in [4.78, 5) is 24.5. The van der Waals surface area contributed by atoms with Gasteiger partial charge in [0.2, 0.25) is 0 Å². The molecule has 0 radical (unpaired) electrons. The standard InChI is InChI=1S/C21H23O8P/c1-12(2)20(22)28-17-11-18(30(24,26-6)27-7)19(29-21(23)13(3)4)15-9-8-14(25-5)10-16(15)17/h8-11H,1,3H2,2,4-7H3. The molecule has 9 heteroatoms. The van der Waals surface area contributed by atoms with E-state index in [0.717, 1.165) is 0 Å². The summed E-state index contributed by atoms with van der Waals surface area (Å²) < 4.78 is 39.6. The van der Waals surface area contributed by atoms with Crippen LogP contribution in [0.5, 0.6) is 17.2 Å². The number of methoxy groups -OCH3 is 1. The Bertz CT molecular complexity index is 1080. The van der Waals surface area contributed by atoms with Crippen LogP contribution < -0.4 is 19.5 Å². The fraction of sp³-hybridized carbons (Fsp3) is 0.238. The summed E-state index contributed by atoms with van der Waals surface area (Å²) >= 11 is 0. The van der Waals surface area contributed by atoms with Gasteiger partial charge in [0, 0.05) is 42.2 Å². The van der Waals surface area contributed by atoms with Gasteiger partial charge in [-0.25, -0.2) is 9.59 Å². The number of carbonyl (C=O) groups excluding carboxylic acids is 2. The van der Waals surface area contributed by atoms with Gasteiger partial charge in [0.25, 0.3) is 0 Å². The molecule has 0 saturated heterocycles. The molecule has 0 bridgehead atoms. The topological polar surface area (TPSA) is 97.4 Å². The first-order valence-corrected chi connectivity index (χ1v) is 10.2. The number of carbonyl (C=O) groups is 2. The molecule has 0 spiro atoms. The normalized spacial score (nSPS) is 11.1. The Balaban J connectivity index is 2.94. The van der Waals surface area contributed by atoms with Crippen molar-refractivity contribution in [3.05, 3.63) is 48.6 Å². The average Bonchev–Trinajstić information content (AvgIpc) is 2.73. The highest BCUT2D eigenvalue weighted by molar-refractivity contribution is 7.62. The largest absolute Gasteiger partial charge is 0.497 e. The van der Waals surface area contributed by atoms with Crippen molar-refractivity contribution in [3.8, 4) is 17.2 Å². The van der Waals surface area contributed by atoms with E-state index in [1.807, 2.05) is 0 Å². The zero-order chi connectivity index (χ0) is 22.6. The molecule has 0 aliphatic heterocycles. The Morgan fingerprint density at radius 1 is 0.867 bits per heavy atom. The van der Waals surface area contributed by atoms with E-state index < -0.39 is 19.5 Å². The van der Waals surface area contributed by atoms with Crippen LogP contribution >= 0.6 is 7.60 Å². The fourth-order valence-electron chi connectivity index (χ4n) is 2.49. The van der Waals surface area contributed by atoms with Gasteiger partial charge in [-0.05, 0) is 32.0 Å². The summed E-state index contributed by atoms with van der Waals surface area (Å²) in [7, 11) is -0.0794. The number of hydrogen-bond donors (Lipinski definition) is 0. The molecule has 0 unspecified atom stereocenters. The van der Waals surface area contributed by atoms with Crippen molar-refractivity contribution in [2.45, 2.75) is 13.8 Å². The number of fused-ring (bicyclic) bond motifs is 1. The number of benzene rings is 2. The van der Waals surface area contributed by atoms with Crippen molar-refractivity contribution in [1.29, 1.82) is 0 Å². The Morgan fingerprint density at radius 2 is 1.43 bits per heavy atom. The molecule has 30 heavy (non-hydrogen) atoms. The van der Waals surface area contributed by atoms with Gasteiger partial charge < -0.3 is 23.3 Å². The lowest BCUT2D eigenvalue weighted by molar-refractivity contribution is -0.131. The first kappa shape index (κ1) is 23.3. The number of rotatable bonds is 8. The molecule has 2 rings (SSSR count). The molecule has 8 nitrogen and oxygen atoms in total. The van der Waals surface area contributed by atoms with Gasteiger partial charge in [0.05, 0.1) is 7.11 Å². The Hall–Kier alpha value is -2.93. The summed E-state index contributed by atoms with van der Waals surface area (Å²) in [6.45, 7) is 10.1. The van der Waals surface area contributed by atoms with Crippen LogP contribution in [-0.2, 0) is 23.2 Å². The quantitative estimate of drug-likeness (QED) is 0.267. The van der Waals surface area contributed by atoms with Crippen molar-refractivity contribution < 1.29 is 37.4 Å². The van der Waals surface area contributed by atoms with Gasteiger partial charge in [-0.2, -0.15) is 0 Å². The summed E-state index contributed by atoms with van der Waals surface area (Å²) in [6.07, 6.45) is 0. The van der Waals surface area contributed by atoms with Gasteiger partial charge in [-0.1, -0.05) is 13.2 Å². The lowest BCUT2D eigenvalue weighted by Gasteiger charge is -2.21. The fourth-order valence-corrected chi connectivity index (χ4v) is 3.72. The molecule has 2 aromatic carbocycles. The predicted molar refractivity (Wildman–Crippen MR) is 113 cm³/mol. The molecule has 0 aromatic heterocycles. The molecular formula is C21H23O8P. The minimum atomic E-state index is -3.93. The number of esters is 2. The molecule has 0 fully saturated rings. The van der Waals surface area contributed by atoms with Gasteiger partial charge in [-0.15, -0.1) is 0 Å². The molecule has 0 aliphatic carbocycles. The zero-order valence-electron chi connectivity index (χ0n) is 17.4. The van der Waals surface area contributed by atoms with Gasteiger partial charge >= 0.3 is 19.5 Å². The molecule has 0 heterocycles. The molecule has 0 atom stereocenters. The summed E-state index contributed by atoms with van der Waals surface area (Å²) in [5, 5.41) is 0.599. The van der Waals surface area contributed by atoms with Crippen LogP contribution in [0.3, 0.4) is 0 Å². The first-order chi connectivity index (χ1) is 14.1. The van der Waals surface area contributed by atoms with Crippen LogP contribution in [0.1, 0.15) is 13.8 Å². The number of ether oxygens (including phenoxy) is 3. The van der Waals surface area contributed by atoms with Crippen LogP contribution in [0, 0.1) is 0 Å². The van der Waals surface area contributed by atoms with Gasteiger partial charge in [0.15, 0.2) is 5.75 Å². The Morgan fingerprint density at radius 3 is 1.93 bits per heavy atom. The second-order valence-corrected chi connectivity index (χ2v) is 8.54. The van der Waals surface area contributed by atoms with E-state index in [9.17, 15) is 14.2 Å². The highest BCUT2D eigenvalue weighted by Gasteiger charge is 2.33. The Labute approximate surface area is 174 Å². The van der Waals surface area contributed by atoms with Crippen molar-refractivity contribution in [3.63, 3.8) is 0 Å². The van der Waals surface area contributed by atoms with Crippen molar-refractivity contribution >= 4 is 35.6 Å². The average molecular weight is 434 g/mol. The SMILES string of the molecule is C=C(C)C(=O)Oc1cc(P(=O)(OC)OC)c(OC(=O)C(=C)C)c2ccc(OC)cc12. The maximum absolute atomic E-state index is 13.2. The molecular weight excluding hydrogens is 411 g/mol. The monoisotopic (exact) mass is 434 g/mol. The van der Waals surface area contributed by atoms with Crippen LogP contribution in [0.25, 0.3) is 10.8 Å². The van der Waals surface area contributed by atoms with Crippen LogP contribution in [0.15, 0.2) is 48.6 Å². The van der Waals surface area contributed by atoms with E-state index in [1.165, 1.54) is 41.2 Å². The highest BCUT2D eigenvalue weighted by Crippen LogP contribution is 2.51. The van der Waals surface area contributed by atoms with Crippen LogP contribution in [0.4, 0.5) is 0 Å². The lowest BCUT2D eigenvalue weighted by atomic mass is 10.1. The number of hydrogen-bond acceptors (Lipinski definition) is 8. The molecule has 160 valence electrons. The summed E-state index contributed by atoms with van der Waals surface area (Å²) in [5.41, 5.74) is 0.289.